The van der Waals surface area contributed by atoms with Gasteiger partial charge in [0.05, 0.1) is 6.07 Å². The van der Waals surface area contributed by atoms with E-state index >= 15 is 0 Å². The van der Waals surface area contributed by atoms with E-state index in [1.54, 1.807) is 0 Å². The van der Waals surface area contributed by atoms with Gasteiger partial charge < -0.3 is 5.32 Å². The van der Waals surface area contributed by atoms with Crippen molar-refractivity contribution in [3.05, 3.63) is 48.0 Å². The maximum atomic E-state index is 11.1. The van der Waals surface area contributed by atoms with Gasteiger partial charge in [0.2, 0.25) is 5.91 Å². The molecule has 0 aromatic heterocycles. The summed E-state index contributed by atoms with van der Waals surface area (Å²) in [4.78, 5) is 11.1. The molecule has 2 aromatic rings. The predicted octanol–water partition coefficient (Wildman–Crippen LogP) is 2.54. The Morgan fingerprint density at radius 1 is 1.24 bits per heavy atom. The second-order valence-corrected chi connectivity index (χ2v) is 3.83. The number of fused-ring (bicyclic) bond motifs is 1. The molecule has 0 aliphatic rings. The van der Waals surface area contributed by atoms with Gasteiger partial charge in [-0.15, -0.1) is 0 Å². The van der Waals surface area contributed by atoms with E-state index < -0.39 is 6.04 Å². The number of nitrogens with one attached hydrogen (secondary N) is 1. The van der Waals surface area contributed by atoms with Crippen LogP contribution in [0.5, 0.6) is 0 Å². The van der Waals surface area contributed by atoms with Crippen molar-refractivity contribution in [2.24, 2.45) is 0 Å². The third-order valence-electron chi connectivity index (χ3n) is 2.61. The fraction of sp³-hybridized carbons (Fsp3) is 0.143. The summed E-state index contributed by atoms with van der Waals surface area (Å²) < 4.78 is 0. The molecule has 2 rings (SSSR count). The Labute approximate surface area is 99.7 Å². The summed E-state index contributed by atoms with van der Waals surface area (Å²) in [6, 6.07) is 15.1. The topological polar surface area (TPSA) is 52.9 Å². The maximum absolute atomic E-state index is 11.1. The molecule has 3 nitrogen and oxygen atoms in total. The number of hydrogen-bond donors (Lipinski definition) is 1. The van der Waals surface area contributed by atoms with Crippen LogP contribution in [0.25, 0.3) is 10.8 Å². The van der Waals surface area contributed by atoms with Gasteiger partial charge >= 0.3 is 0 Å². The third-order valence-corrected chi connectivity index (χ3v) is 2.61. The first-order valence-electron chi connectivity index (χ1n) is 5.37. The van der Waals surface area contributed by atoms with E-state index in [2.05, 4.69) is 11.4 Å². The summed E-state index contributed by atoms with van der Waals surface area (Å²) in [6.07, 6.45) is 0. The van der Waals surface area contributed by atoms with Crippen molar-refractivity contribution in [2.45, 2.75) is 13.0 Å². The Morgan fingerprint density at radius 3 is 2.65 bits per heavy atom. The summed E-state index contributed by atoms with van der Waals surface area (Å²) in [5.41, 5.74) is 0.834. The quantitative estimate of drug-likeness (QED) is 0.852. The van der Waals surface area contributed by atoms with Crippen molar-refractivity contribution in [3.63, 3.8) is 0 Å². The molecule has 3 heteroatoms. The van der Waals surface area contributed by atoms with Crippen LogP contribution in [-0.2, 0) is 4.79 Å². The molecule has 1 amide bonds. The Kier molecular flexibility index (Phi) is 3.06. The van der Waals surface area contributed by atoms with E-state index in [-0.39, 0.29) is 5.91 Å². The van der Waals surface area contributed by atoms with Crippen molar-refractivity contribution in [2.75, 3.05) is 0 Å². The SMILES string of the molecule is CC(=O)NC(C#N)c1cccc2ccccc12. The number of carbonyl (C=O) groups excluding carboxylic acids is 1. The number of nitriles is 1. The van der Waals surface area contributed by atoms with Crippen molar-refractivity contribution >= 4 is 16.7 Å². The summed E-state index contributed by atoms with van der Waals surface area (Å²) in [5, 5.41) is 13.8. The Bertz CT molecular complexity index is 593. The van der Waals surface area contributed by atoms with Crippen LogP contribution >= 0.6 is 0 Å². The number of benzene rings is 2. The second kappa shape index (κ2) is 4.67. The van der Waals surface area contributed by atoms with Crippen molar-refractivity contribution in [1.29, 1.82) is 5.26 Å². The van der Waals surface area contributed by atoms with Gasteiger partial charge in [-0.1, -0.05) is 42.5 Å². The summed E-state index contributed by atoms with van der Waals surface area (Å²) in [5.74, 6) is -0.204. The molecule has 0 spiro atoms. The molecule has 0 radical (unpaired) electrons. The molecule has 0 heterocycles. The highest BCUT2D eigenvalue weighted by molar-refractivity contribution is 5.87. The molecule has 1 unspecified atom stereocenters. The number of hydrogen-bond acceptors (Lipinski definition) is 2. The summed E-state index contributed by atoms with van der Waals surface area (Å²) in [7, 11) is 0. The normalized spacial score (nSPS) is 11.8. The number of amides is 1. The van der Waals surface area contributed by atoms with Crippen LogP contribution in [0.15, 0.2) is 42.5 Å². The molecule has 1 N–H and O–H groups in total. The average molecular weight is 224 g/mol. The zero-order chi connectivity index (χ0) is 12.3. The Balaban J connectivity index is 2.54. The Morgan fingerprint density at radius 2 is 1.94 bits per heavy atom. The van der Waals surface area contributed by atoms with E-state index in [4.69, 9.17) is 5.26 Å². The van der Waals surface area contributed by atoms with Crippen LogP contribution in [-0.4, -0.2) is 5.91 Å². The first kappa shape index (κ1) is 11.2. The minimum Gasteiger partial charge on any atom is -0.337 e. The minimum atomic E-state index is -0.599. The zero-order valence-electron chi connectivity index (χ0n) is 9.47. The van der Waals surface area contributed by atoms with Crippen LogP contribution in [0.2, 0.25) is 0 Å². The maximum Gasteiger partial charge on any atom is 0.218 e. The van der Waals surface area contributed by atoms with Gasteiger partial charge in [0.1, 0.15) is 6.04 Å². The largest absolute Gasteiger partial charge is 0.337 e. The lowest BCUT2D eigenvalue weighted by molar-refractivity contribution is -0.119. The van der Waals surface area contributed by atoms with Crippen LogP contribution in [0, 0.1) is 11.3 Å². The molecule has 0 aliphatic carbocycles. The van der Waals surface area contributed by atoms with E-state index in [1.165, 1.54) is 6.92 Å². The van der Waals surface area contributed by atoms with Crippen molar-refractivity contribution in [1.82, 2.24) is 5.32 Å². The molecular formula is C14H12N2O. The van der Waals surface area contributed by atoms with Crippen molar-refractivity contribution < 1.29 is 4.79 Å². The average Bonchev–Trinajstić information content (AvgIpc) is 2.35. The van der Waals surface area contributed by atoms with Gasteiger partial charge in [-0.25, -0.2) is 0 Å². The molecule has 0 fully saturated rings. The van der Waals surface area contributed by atoms with Crippen LogP contribution in [0.3, 0.4) is 0 Å². The van der Waals surface area contributed by atoms with E-state index in [0.29, 0.717) is 0 Å². The lowest BCUT2D eigenvalue weighted by Gasteiger charge is -2.12. The number of rotatable bonds is 2. The molecule has 0 bridgehead atoms. The van der Waals surface area contributed by atoms with Crippen LogP contribution in [0.4, 0.5) is 0 Å². The third kappa shape index (κ3) is 2.26. The van der Waals surface area contributed by atoms with Gasteiger partial charge in [-0.05, 0) is 16.3 Å². The number of nitrogens with zero attached hydrogens (tertiary/aromatic N) is 1. The standard InChI is InChI=1S/C14H12N2O/c1-10(17)16-14(9-15)13-8-4-6-11-5-2-3-7-12(11)13/h2-8,14H,1H3,(H,16,17). The predicted molar refractivity (Wildman–Crippen MR) is 66.1 cm³/mol. The lowest BCUT2D eigenvalue weighted by atomic mass is 9.99. The molecule has 1 atom stereocenters. The summed E-state index contributed by atoms with van der Waals surface area (Å²) >= 11 is 0. The van der Waals surface area contributed by atoms with Crippen molar-refractivity contribution in [3.8, 4) is 6.07 Å². The highest BCUT2D eigenvalue weighted by Gasteiger charge is 2.13. The van der Waals surface area contributed by atoms with E-state index in [0.717, 1.165) is 16.3 Å². The van der Waals surface area contributed by atoms with Crippen LogP contribution < -0.4 is 5.32 Å². The Hall–Kier alpha value is -2.34. The monoisotopic (exact) mass is 224 g/mol. The van der Waals surface area contributed by atoms with E-state index in [9.17, 15) is 4.79 Å². The van der Waals surface area contributed by atoms with E-state index in [1.807, 2.05) is 42.5 Å². The molecule has 0 aliphatic heterocycles. The van der Waals surface area contributed by atoms with Gasteiger partial charge in [-0.2, -0.15) is 5.26 Å². The molecule has 0 saturated heterocycles. The fourth-order valence-electron chi connectivity index (χ4n) is 1.89. The highest BCUT2D eigenvalue weighted by atomic mass is 16.1. The molecule has 2 aromatic carbocycles. The highest BCUT2D eigenvalue weighted by Crippen LogP contribution is 2.23. The van der Waals surface area contributed by atoms with Crippen LogP contribution in [0.1, 0.15) is 18.5 Å². The molecule has 0 saturated carbocycles. The fourth-order valence-corrected chi connectivity index (χ4v) is 1.89. The first-order valence-corrected chi connectivity index (χ1v) is 5.37. The van der Waals surface area contributed by atoms with Gasteiger partial charge in [0, 0.05) is 6.92 Å². The first-order chi connectivity index (χ1) is 8.22. The number of carbonyl (C=O) groups is 1. The minimum absolute atomic E-state index is 0.204. The molecule has 84 valence electrons. The van der Waals surface area contributed by atoms with Gasteiger partial charge in [-0.3, -0.25) is 4.79 Å². The van der Waals surface area contributed by atoms with Gasteiger partial charge in [0.25, 0.3) is 0 Å². The van der Waals surface area contributed by atoms with Gasteiger partial charge in [0.15, 0.2) is 0 Å². The molecule has 17 heavy (non-hydrogen) atoms. The summed E-state index contributed by atoms with van der Waals surface area (Å²) in [6.45, 7) is 1.41. The molecular weight excluding hydrogens is 212 g/mol. The second-order valence-electron chi connectivity index (χ2n) is 3.83. The lowest BCUT2D eigenvalue weighted by Crippen LogP contribution is -2.24. The zero-order valence-corrected chi connectivity index (χ0v) is 9.47. The smallest absolute Gasteiger partial charge is 0.218 e.